The molecule has 1 heterocycles. The Hall–Kier alpha value is -2.40. The van der Waals surface area contributed by atoms with Crippen molar-refractivity contribution < 1.29 is 14.3 Å². The van der Waals surface area contributed by atoms with Gasteiger partial charge in [-0.2, -0.15) is 0 Å². The van der Waals surface area contributed by atoms with E-state index in [1.807, 2.05) is 0 Å². The molecule has 0 saturated carbocycles. The number of benzene rings is 2. The zero-order valence-electron chi connectivity index (χ0n) is 11.8. The van der Waals surface area contributed by atoms with Gasteiger partial charge in [0.05, 0.1) is 12.2 Å². The Morgan fingerprint density at radius 2 is 2.00 bits per heavy atom. The minimum absolute atomic E-state index is 0.0257. The minimum atomic E-state index is -0.113. The van der Waals surface area contributed by atoms with Gasteiger partial charge < -0.3 is 20.1 Å². The summed E-state index contributed by atoms with van der Waals surface area (Å²) in [6.07, 6.45) is 0. The fourth-order valence-corrected chi connectivity index (χ4v) is 2.38. The summed E-state index contributed by atoms with van der Waals surface area (Å²) in [4.78, 5) is 13.7. The Balaban J connectivity index is 1.68. The largest absolute Gasteiger partial charge is 0.492 e. The number of ether oxygens (including phenoxy) is 2. The van der Waals surface area contributed by atoms with Gasteiger partial charge in [-0.3, -0.25) is 4.79 Å². The van der Waals surface area contributed by atoms with Crippen molar-refractivity contribution in [2.75, 3.05) is 30.4 Å². The highest BCUT2D eigenvalue weighted by molar-refractivity contribution is 6.30. The fraction of sp³-hybridized carbons (Fsp3) is 0.188. The van der Waals surface area contributed by atoms with Gasteiger partial charge in [-0.15, -0.1) is 0 Å². The molecule has 6 heteroatoms. The quantitative estimate of drug-likeness (QED) is 0.880. The maximum absolute atomic E-state index is 12.0. The highest BCUT2D eigenvalue weighted by atomic mass is 35.5. The first-order valence-electron chi connectivity index (χ1n) is 6.84. The van der Waals surface area contributed by atoms with Crippen LogP contribution in [0.1, 0.15) is 0 Å². The van der Waals surface area contributed by atoms with Gasteiger partial charge in [0.1, 0.15) is 18.1 Å². The van der Waals surface area contributed by atoms with Gasteiger partial charge in [-0.05, 0) is 42.5 Å². The molecule has 0 fully saturated rings. The summed E-state index contributed by atoms with van der Waals surface area (Å²) < 4.78 is 11.0. The van der Waals surface area contributed by atoms with Crippen molar-refractivity contribution in [3.8, 4) is 11.5 Å². The molecule has 2 aromatic carbocycles. The molecule has 114 valence electrons. The Morgan fingerprint density at radius 3 is 2.77 bits per heavy atom. The first-order chi connectivity index (χ1) is 10.6. The molecule has 1 amide bonds. The summed E-state index contributed by atoms with van der Waals surface area (Å²) in [5, 5.41) is 0.653. The van der Waals surface area contributed by atoms with Crippen molar-refractivity contribution >= 4 is 28.9 Å². The number of hydrogen-bond donors (Lipinski definition) is 1. The number of halogens is 1. The van der Waals surface area contributed by atoms with E-state index in [-0.39, 0.29) is 12.5 Å². The lowest BCUT2D eigenvalue weighted by atomic mass is 10.2. The molecule has 0 aromatic heterocycles. The van der Waals surface area contributed by atoms with Crippen LogP contribution in [-0.2, 0) is 4.79 Å². The molecule has 3 rings (SSSR count). The van der Waals surface area contributed by atoms with E-state index in [4.69, 9.17) is 26.8 Å². The Labute approximate surface area is 133 Å². The van der Waals surface area contributed by atoms with Crippen molar-refractivity contribution in [3.63, 3.8) is 0 Å². The number of carbonyl (C=O) groups excluding carboxylic acids is 1. The molecule has 5 nitrogen and oxygen atoms in total. The smallest absolute Gasteiger partial charge is 0.265 e. The average molecular weight is 319 g/mol. The molecular formula is C16H15ClN2O3. The Kier molecular flexibility index (Phi) is 4.06. The number of anilines is 2. The monoisotopic (exact) mass is 318 g/mol. The van der Waals surface area contributed by atoms with Gasteiger partial charge in [-0.25, -0.2) is 0 Å². The van der Waals surface area contributed by atoms with Gasteiger partial charge in [0.15, 0.2) is 6.61 Å². The molecule has 2 aromatic rings. The summed E-state index contributed by atoms with van der Waals surface area (Å²) in [6, 6.07) is 12.3. The zero-order valence-corrected chi connectivity index (χ0v) is 12.5. The van der Waals surface area contributed by atoms with Crippen LogP contribution in [0, 0.1) is 0 Å². The summed E-state index contributed by atoms with van der Waals surface area (Å²) in [7, 11) is 0. The van der Waals surface area contributed by atoms with E-state index in [1.165, 1.54) is 0 Å². The maximum atomic E-state index is 12.0. The van der Waals surface area contributed by atoms with E-state index < -0.39 is 0 Å². The predicted octanol–water partition coefficient (Wildman–Crippen LogP) is 2.73. The molecule has 0 aliphatic carbocycles. The minimum Gasteiger partial charge on any atom is -0.492 e. The summed E-state index contributed by atoms with van der Waals surface area (Å²) >= 11 is 5.82. The normalized spacial score (nSPS) is 13.5. The van der Waals surface area contributed by atoms with E-state index >= 15 is 0 Å². The molecule has 22 heavy (non-hydrogen) atoms. The zero-order chi connectivity index (χ0) is 15.5. The van der Waals surface area contributed by atoms with E-state index in [0.717, 1.165) is 0 Å². The Bertz CT molecular complexity index is 688. The number of amides is 1. The van der Waals surface area contributed by atoms with Gasteiger partial charge >= 0.3 is 0 Å². The second kappa shape index (κ2) is 6.15. The number of nitrogens with two attached hydrogens (primary N) is 1. The first-order valence-corrected chi connectivity index (χ1v) is 7.22. The third-order valence-electron chi connectivity index (χ3n) is 3.32. The van der Waals surface area contributed by atoms with E-state index in [9.17, 15) is 4.79 Å². The number of hydrogen-bond acceptors (Lipinski definition) is 4. The molecule has 0 unspecified atom stereocenters. The lowest BCUT2D eigenvalue weighted by Crippen LogP contribution is -2.41. The molecule has 1 aliphatic heterocycles. The SMILES string of the molecule is Nc1ccc2c(c1)N(CCOc1ccc(Cl)cc1)C(=O)CO2. The molecule has 0 spiro atoms. The maximum Gasteiger partial charge on any atom is 0.265 e. The predicted molar refractivity (Wildman–Crippen MR) is 85.6 cm³/mol. The second-order valence-corrected chi connectivity index (χ2v) is 5.30. The van der Waals surface area contributed by atoms with E-state index in [1.54, 1.807) is 47.4 Å². The third-order valence-corrected chi connectivity index (χ3v) is 3.58. The van der Waals surface area contributed by atoms with Crippen molar-refractivity contribution in [1.29, 1.82) is 0 Å². The standard InChI is InChI=1S/C16H15ClN2O3/c17-11-1-4-13(5-2-11)21-8-7-19-14-9-12(18)3-6-15(14)22-10-16(19)20/h1-6,9H,7-8,10,18H2. The van der Waals surface area contributed by atoms with E-state index in [2.05, 4.69) is 0 Å². The van der Waals surface area contributed by atoms with Crippen LogP contribution in [-0.4, -0.2) is 25.7 Å². The second-order valence-electron chi connectivity index (χ2n) is 4.86. The van der Waals surface area contributed by atoms with Gasteiger partial charge in [-0.1, -0.05) is 11.6 Å². The number of fused-ring (bicyclic) bond motifs is 1. The third kappa shape index (κ3) is 3.09. The van der Waals surface area contributed by atoms with Crippen LogP contribution in [0.25, 0.3) is 0 Å². The van der Waals surface area contributed by atoms with Crippen molar-refractivity contribution in [2.45, 2.75) is 0 Å². The number of nitrogen functional groups attached to an aromatic ring is 1. The van der Waals surface area contributed by atoms with Crippen molar-refractivity contribution in [2.24, 2.45) is 0 Å². The van der Waals surface area contributed by atoms with Crippen LogP contribution in [0.3, 0.4) is 0 Å². The molecule has 2 N–H and O–H groups in total. The topological polar surface area (TPSA) is 64.8 Å². The van der Waals surface area contributed by atoms with Crippen LogP contribution < -0.4 is 20.1 Å². The number of carbonyl (C=O) groups is 1. The fourth-order valence-electron chi connectivity index (χ4n) is 2.25. The highest BCUT2D eigenvalue weighted by Gasteiger charge is 2.25. The Morgan fingerprint density at radius 1 is 1.23 bits per heavy atom. The molecular weight excluding hydrogens is 304 g/mol. The molecule has 0 radical (unpaired) electrons. The van der Waals surface area contributed by atoms with Gasteiger partial charge in [0.25, 0.3) is 5.91 Å². The van der Waals surface area contributed by atoms with Crippen molar-refractivity contribution in [3.05, 3.63) is 47.5 Å². The van der Waals surface area contributed by atoms with Gasteiger partial charge in [0.2, 0.25) is 0 Å². The van der Waals surface area contributed by atoms with Crippen molar-refractivity contribution in [1.82, 2.24) is 0 Å². The summed E-state index contributed by atoms with van der Waals surface area (Å²) in [5.74, 6) is 1.25. The van der Waals surface area contributed by atoms with Crippen LogP contribution >= 0.6 is 11.6 Å². The average Bonchev–Trinajstić information content (AvgIpc) is 2.51. The van der Waals surface area contributed by atoms with Crippen LogP contribution in [0.5, 0.6) is 11.5 Å². The summed E-state index contributed by atoms with van der Waals surface area (Å²) in [5.41, 5.74) is 7.05. The van der Waals surface area contributed by atoms with Crippen LogP contribution in [0.4, 0.5) is 11.4 Å². The van der Waals surface area contributed by atoms with Gasteiger partial charge in [0, 0.05) is 10.7 Å². The number of nitrogens with zero attached hydrogens (tertiary/aromatic N) is 1. The van der Waals surface area contributed by atoms with E-state index in [0.29, 0.717) is 41.0 Å². The first kappa shape index (κ1) is 14.5. The molecule has 0 bridgehead atoms. The number of rotatable bonds is 4. The lowest BCUT2D eigenvalue weighted by Gasteiger charge is -2.29. The lowest BCUT2D eigenvalue weighted by molar-refractivity contribution is -0.121. The molecule has 0 saturated heterocycles. The highest BCUT2D eigenvalue weighted by Crippen LogP contribution is 2.33. The van der Waals surface area contributed by atoms with Crippen LogP contribution in [0.2, 0.25) is 5.02 Å². The molecule has 0 atom stereocenters. The van der Waals surface area contributed by atoms with Crippen LogP contribution in [0.15, 0.2) is 42.5 Å². The summed E-state index contributed by atoms with van der Waals surface area (Å²) in [6.45, 7) is 0.806. The molecule has 1 aliphatic rings.